The molecule has 0 aliphatic heterocycles. The predicted molar refractivity (Wildman–Crippen MR) is 57.7 cm³/mol. The molecular formula is C7H16O4S2. The van der Waals surface area contributed by atoms with Crippen molar-refractivity contribution in [3.63, 3.8) is 0 Å². The van der Waals surface area contributed by atoms with Crippen molar-refractivity contribution in [2.45, 2.75) is 18.9 Å². The van der Waals surface area contributed by atoms with Crippen LogP contribution in [0.5, 0.6) is 0 Å². The van der Waals surface area contributed by atoms with E-state index in [1.807, 2.05) is 0 Å². The minimum absolute atomic E-state index is 0.222. The van der Waals surface area contributed by atoms with Crippen LogP contribution in [-0.2, 0) is 4.79 Å². The van der Waals surface area contributed by atoms with E-state index in [-0.39, 0.29) is 24.5 Å². The van der Waals surface area contributed by atoms with Crippen LogP contribution in [0.2, 0.25) is 0 Å². The number of carboxylic acids is 1. The molecule has 0 saturated heterocycles. The van der Waals surface area contributed by atoms with Crippen LogP contribution in [0, 0.1) is 0 Å². The van der Waals surface area contributed by atoms with E-state index >= 15 is 0 Å². The van der Waals surface area contributed by atoms with Crippen molar-refractivity contribution in [3.8, 4) is 0 Å². The van der Waals surface area contributed by atoms with Gasteiger partial charge in [-0.2, -0.15) is 25.3 Å². The summed E-state index contributed by atoms with van der Waals surface area (Å²) in [7, 11) is 0. The fraction of sp³-hybridized carbons (Fsp3) is 0.857. The highest BCUT2D eigenvalue weighted by atomic mass is 32.1. The van der Waals surface area contributed by atoms with Crippen molar-refractivity contribution >= 4 is 31.2 Å². The second kappa shape index (κ2) is 8.68. The van der Waals surface area contributed by atoms with Crippen LogP contribution >= 0.6 is 25.3 Å². The molecule has 0 radical (unpaired) electrons. The zero-order valence-electron chi connectivity index (χ0n) is 7.47. The summed E-state index contributed by atoms with van der Waals surface area (Å²) in [6, 6.07) is 0. The lowest BCUT2D eigenvalue weighted by molar-refractivity contribution is -0.136. The summed E-state index contributed by atoms with van der Waals surface area (Å²) in [6.45, 7) is 1.32. The molecule has 80 valence electrons. The van der Waals surface area contributed by atoms with E-state index in [1.165, 1.54) is 0 Å². The maximum Gasteiger partial charge on any atom is 0.303 e. The van der Waals surface area contributed by atoms with Gasteiger partial charge in [0.25, 0.3) is 0 Å². The van der Waals surface area contributed by atoms with Crippen molar-refractivity contribution in [2.24, 2.45) is 0 Å². The summed E-state index contributed by atoms with van der Waals surface area (Å²) < 4.78 is 0. The first-order valence-corrected chi connectivity index (χ1v) is 4.99. The summed E-state index contributed by atoms with van der Waals surface area (Å²) in [6.07, 6.45) is 0.222. The van der Waals surface area contributed by atoms with Gasteiger partial charge in [0.15, 0.2) is 0 Å². The average Bonchev–Trinajstić information content (AvgIpc) is 2.17. The lowest BCUT2D eigenvalue weighted by Crippen LogP contribution is -2.37. The summed E-state index contributed by atoms with van der Waals surface area (Å²) in [5, 5.41) is 25.2. The van der Waals surface area contributed by atoms with Crippen LogP contribution in [0.3, 0.4) is 0 Å². The first kappa shape index (κ1) is 15.6. The van der Waals surface area contributed by atoms with Gasteiger partial charge in [-0.05, 0) is 0 Å². The second-order valence-corrected chi connectivity index (χ2v) is 3.08. The Morgan fingerprint density at radius 1 is 1.38 bits per heavy atom. The molecule has 0 atom stereocenters. The van der Waals surface area contributed by atoms with Crippen LogP contribution in [0.4, 0.5) is 0 Å². The highest BCUT2D eigenvalue weighted by molar-refractivity contribution is 7.81. The molecule has 13 heavy (non-hydrogen) atoms. The van der Waals surface area contributed by atoms with Gasteiger partial charge in [0.1, 0.15) is 5.60 Å². The molecule has 0 unspecified atom stereocenters. The Morgan fingerprint density at radius 3 is 1.69 bits per heavy atom. The Balaban J connectivity index is 0. The van der Waals surface area contributed by atoms with E-state index < -0.39 is 11.6 Å². The molecule has 0 amide bonds. The number of hydrogen-bond donors (Lipinski definition) is 5. The average molecular weight is 228 g/mol. The molecule has 0 bridgehead atoms. The minimum atomic E-state index is -1.09. The molecule has 0 spiro atoms. The van der Waals surface area contributed by atoms with Crippen molar-refractivity contribution in [3.05, 3.63) is 0 Å². The fourth-order valence-corrected chi connectivity index (χ4v) is 0.750. The molecule has 0 heterocycles. The quantitative estimate of drug-likeness (QED) is 0.441. The topological polar surface area (TPSA) is 77.8 Å². The third kappa shape index (κ3) is 10.0. The number of hydrogen-bond acceptors (Lipinski definition) is 5. The normalized spacial score (nSPS) is 10.2. The Kier molecular flexibility index (Phi) is 10.4. The lowest BCUT2D eigenvalue weighted by atomic mass is 10.1. The number of aliphatic hydroxyl groups is 2. The van der Waals surface area contributed by atoms with Gasteiger partial charge in [0.05, 0.1) is 6.61 Å². The molecule has 0 aromatic heterocycles. The molecule has 4 nitrogen and oxygen atoms in total. The molecule has 0 fully saturated rings. The van der Waals surface area contributed by atoms with Crippen molar-refractivity contribution in [1.82, 2.24) is 0 Å². The molecule has 0 aliphatic carbocycles. The highest BCUT2D eigenvalue weighted by Gasteiger charge is 2.21. The van der Waals surface area contributed by atoms with E-state index in [2.05, 4.69) is 25.3 Å². The van der Waals surface area contributed by atoms with Gasteiger partial charge in [0.2, 0.25) is 0 Å². The van der Waals surface area contributed by atoms with Gasteiger partial charge < -0.3 is 15.3 Å². The van der Waals surface area contributed by atoms with Crippen LogP contribution in [0.15, 0.2) is 0 Å². The van der Waals surface area contributed by atoms with Crippen molar-refractivity contribution in [2.75, 3.05) is 18.1 Å². The Bertz CT molecular complexity index is 128. The molecule has 6 heteroatoms. The third-order valence-corrected chi connectivity index (χ3v) is 2.36. The zero-order valence-corrected chi connectivity index (χ0v) is 9.26. The van der Waals surface area contributed by atoms with E-state index in [0.717, 1.165) is 0 Å². The molecule has 0 aromatic carbocycles. The largest absolute Gasteiger partial charge is 0.481 e. The highest BCUT2D eigenvalue weighted by Crippen LogP contribution is 2.06. The standard InChI is InChI=1S/C4H10O2S2.C3H6O2/c5-1-4(6,2-7)3-8;1-2-3(4)5/h5-8H,1-3H2;2H2,1H3,(H,4,5). The van der Waals surface area contributed by atoms with Gasteiger partial charge >= 0.3 is 5.97 Å². The van der Waals surface area contributed by atoms with E-state index in [4.69, 9.17) is 15.3 Å². The Labute approximate surface area is 88.8 Å². The maximum absolute atomic E-state index is 9.37. The van der Waals surface area contributed by atoms with Gasteiger partial charge in [-0.25, -0.2) is 0 Å². The molecule has 0 saturated carbocycles. The summed E-state index contributed by atoms with van der Waals surface area (Å²) in [4.78, 5) is 9.37. The molecule has 0 rings (SSSR count). The number of rotatable bonds is 4. The molecular weight excluding hydrogens is 212 g/mol. The second-order valence-electron chi connectivity index (χ2n) is 2.45. The molecule has 0 aromatic rings. The van der Waals surface area contributed by atoms with Crippen LogP contribution in [0.25, 0.3) is 0 Å². The van der Waals surface area contributed by atoms with Gasteiger partial charge in [-0.3, -0.25) is 4.79 Å². The summed E-state index contributed by atoms with van der Waals surface area (Å²) in [5.74, 6) is -0.259. The van der Waals surface area contributed by atoms with Gasteiger partial charge in [0, 0.05) is 17.9 Å². The Hall–Kier alpha value is 0.0900. The number of aliphatic hydroxyl groups excluding tert-OH is 1. The number of carboxylic acid groups (broad SMARTS) is 1. The van der Waals surface area contributed by atoms with Crippen LogP contribution in [0.1, 0.15) is 13.3 Å². The van der Waals surface area contributed by atoms with E-state index in [9.17, 15) is 4.79 Å². The minimum Gasteiger partial charge on any atom is -0.481 e. The predicted octanol–water partition coefficient (Wildman–Crippen LogP) is 0.0504. The van der Waals surface area contributed by atoms with Crippen molar-refractivity contribution in [1.29, 1.82) is 0 Å². The number of thiol groups is 2. The first-order chi connectivity index (χ1) is 5.95. The number of aliphatic carboxylic acids is 1. The molecule has 3 N–H and O–H groups in total. The fourth-order valence-electron chi connectivity index (χ4n) is 0.150. The summed E-state index contributed by atoms with van der Waals surface area (Å²) >= 11 is 7.60. The Morgan fingerprint density at radius 2 is 1.69 bits per heavy atom. The van der Waals surface area contributed by atoms with E-state index in [0.29, 0.717) is 0 Å². The third-order valence-electron chi connectivity index (χ3n) is 1.19. The number of carbonyl (C=O) groups is 1. The van der Waals surface area contributed by atoms with Crippen LogP contribution in [-0.4, -0.2) is 45.0 Å². The van der Waals surface area contributed by atoms with E-state index in [1.54, 1.807) is 6.92 Å². The SMILES string of the molecule is CCC(=O)O.OCC(O)(CS)CS. The molecule has 0 aliphatic rings. The van der Waals surface area contributed by atoms with Gasteiger partial charge in [-0.1, -0.05) is 6.92 Å². The first-order valence-electron chi connectivity index (χ1n) is 3.72. The van der Waals surface area contributed by atoms with Crippen molar-refractivity contribution < 1.29 is 20.1 Å². The lowest BCUT2D eigenvalue weighted by Gasteiger charge is -2.19. The zero-order chi connectivity index (χ0) is 10.9. The van der Waals surface area contributed by atoms with Crippen LogP contribution < -0.4 is 0 Å². The smallest absolute Gasteiger partial charge is 0.303 e. The summed E-state index contributed by atoms with van der Waals surface area (Å²) in [5.41, 5.74) is -1.09. The van der Waals surface area contributed by atoms with Gasteiger partial charge in [-0.15, -0.1) is 0 Å². The monoisotopic (exact) mass is 228 g/mol. The maximum atomic E-state index is 9.37.